The van der Waals surface area contributed by atoms with Crippen molar-refractivity contribution in [2.24, 2.45) is 11.1 Å². The van der Waals surface area contributed by atoms with Gasteiger partial charge in [0.15, 0.2) is 11.5 Å². The molecule has 9 heteroatoms. The van der Waals surface area contributed by atoms with Crippen LogP contribution >= 0.6 is 0 Å². The molecular formula is C20H31N3O5S. The van der Waals surface area contributed by atoms with E-state index in [0.717, 1.165) is 32.0 Å². The van der Waals surface area contributed by atoms with E-state index in [0.29, 0.717) is 0 Å². The minimum atomic E-state index is -3.99. The first-order valence-electron chi connectivity index (χ1n) is 10.1. The fraction of sp³-hybridized carbons (Fsp3) is 0.650. The van der Waals surface area contributed by atoms with Gasteiger partial charge < -0.3 is 19.7 Å². The Hall–Kier alpha value is -1.84. The van der Waals surface area contributed by atoms with E-state index in [-0.39, 0.29) is 28.0 Å². The Bertz CT molecular complexity index is 837. The SMILES string of the molecule is COc1cc(S(N)(=O)=O)cc(C(=O)NC2CCN(CC3CCCCC3)C2)c1OC. The Morgan fingerprint density at radius 2 is 1.90 bits per heavy atom. The van der Waals surface area contributed by atoms with Gasteiger partial charge in [-0.2, -0.15) is 0 Å². The van der Waals surface area contributed by atoms with E-state index >= 15 is 0 Å². The van der Waals surface area contributed by atoms with Gasteiger partial charge in [-0.25, -0.2) is 13.6 Å². The first-order chi connectivity index (χ1) is 13.8. The van der Waals surface area contributed by atoms with Gasteiger partial charge in [-0.1, -0.05) is 19.3 Å². The van der Waals surface area contributed by atoms with E-state index in [2.05, 4.69) is 10.2 Å². The molecule has 2 fully saturated rings. The highest BCUT2D eigenvalue weighted by atomic mass is 32.2. The number of nitrogens with one attached hydrogen (secondary N) is 1. The maximum absolute atomic E-state index is 12.9. The molecule has 1 saturated heterocycles. The molecule has 1 aliphatic carbocycles. The summed E-state index contributed by atoms with van der Waals surface area (Å²) in [5.41, 5.74) is 0.0987. The second kappa shape index (κ2) is 9.32. The van der Waals surface area contributed by atoms with Gasteiger partial charge in [-0.3, -0.25) is 4.79 Å². The van der Waals surface area contributed by atoms with Crippen molar-refractivity contribution in [2.45, 2.75) is 49.5 Å². The van der Waals surface area contributed by atoms with Crippen LogP contribution in [0.4, 0.5) is 0 Å². The molecule has 1 unspecified atom stereocenters. The molecular weight excluding hydrogens is 394 g/mol. The van der Waals surface area contributed by atoms with Crippen LogP contribution in [0.25, 0.3) is 0 Å². The van der Waals surface area contributed by atoms with Gasteiger partial charge in [0.25, 0.3) is 5.91 Å². The molecule has 162 valence electrons. The van der Waals surface area contributed by atoms with Crippen LogP contribution in [0.15, 0.2) is 17.0 Å². The lowest BCUT2D eigenvalue weighted by molar-refractivity contribution is 0.0933. The zero-order valence-corrected chi connectivity index (χ0v) is 18.0. The summed E-state index contributed by atoms with van der Waals surface area (Å²) >= 11 is 0. The highest BCUT2D eigenvalue weighted by molar-refractivity contribution is 7.89. The molecule has 1 aromatic carbocycles. The third-order valence-corrected chi connectivity index (χ3v) is 6.77. The minimum absolute atomic E-state index is 0.0138. The second-order valence-corrected chi connectivity index (χ2v) is 9.54. The summed E-state index contributed by atoms with van der Waals surface area (Å²) in [6.07, 6.45) is 7.45. The molecule has 1 aliphatic heterocycles. The molecule has 2 aliphatic rings. The lowest BCUT2D eigenvalue weighted by atomic mass is 9.89. The van der Waals surface area contributed by atoms with Crippen molar-refractivity contribution in [3.05, 3.63) is 17.7 Å². The number of hydrogen-bond acceptors (Lipinski definition) is 6. The summed E-state index contributed by atoms with van der Waals surface area (Å²) in [6, 6.07) is 2.51. The average molecular weight is 426 g/mol. The van der Waals surface area contributed by atoms with Crippen molar-refractivity contribution in [3.63, 3.8) is 0 Å². The van der Waals surface area contributed by atoms with E-state index in [4.69, 9.17) is 14.6 Å². The molecule has 0 radical (unpaired) electrons. The third kappa shape index (κ3) is 5.40. The molecule has 0 spiro atoms. The van der Waals surface area contributed by atoms with Gasteiger partial charge in [0.2, 0.25) is 10.0 Å². The number of carbonyl (C=O) groups is 1. The number of amides is 1. The molecule has 29 heavy (non-hydrogen) atoms. The smallest absolute Gasteiger partial charge is 0.255 e. The third-order valence-electron chi connectivity index (χ3n) is 5.87. The fourth-order valence-electron chi connectivity index (χ4n) is 4.39. The summed E-state index contributed by atoms with van der Waals surface area (Å²) in [5, 5.41) is 8.26. The predicted molar refractivity (Wildman–Crippen MR) is 110 cm³/mol. The Balaban J connectivity index is 1.70. The van der Waals surface area contributed by atoms with Crippen molar-refractivity contribution < 1.29 is 22.7 Å². The number of likely N-dealkylation sites (tertiary alicyclic amines) is 1. The first kappa shape index (κ1) is 21.9. The van der Waals surface area contributed by atoms with Gasteiger partial charge in [0.05, 0.1) is 24.7 Å². The number of sulfonamides is 1. The van der Waals surface area contributed by atoms with Crippen molar-refractivity contribution in [1.82, 2.24) is 10.2 Å². The number of nitrogens with two attached hydrogens (primary N) is 1. The van der Waals surface area contributed by atoms with Crippen LogP contribution in [0.2, 0.25) is 0 Å². The highest BCUT2D eigenvalue weighted by Gasteiger charge is 2.29. The van der Waals surface area contributed by atoms with Crippen LogP contribution in [-0.2, 0) is 10.0 Å². The standard InChI is InChI=1S/C20H31N3O5S/c1-27-18-11-16(29(21,25)26)10-17(19(18)28-2)20(24)22-15-8-9-23(13-15)12-14-6-4-3-5-7-14/h10-11,14-15H,3-9,12-13H2,1-2H3,(H,22,24)(H2,21,25,26). The molecule has 1 heterocycles. The second-order valence-electron chi connectivity index (χ2n) is 7.97. The molecule has 3 N–H and O–H groups in total. The van der Waals surface area contributed by atoms with E-state index < -0.39 is 15.9 Å². The number of rotatable bonds is 7. The van der Waals surface area contributed by atoms with Gasteiger partial charge >= 0.3 is 0 Å². The van der Waals surface area contributed by atoms with Gasteiger partial charge in [-0.15, -0.1) is 0 Å². The van der Waals surface area contributed by atoms with Gasteiger partial charge in [0, 0.05) is 31.7 Å². The van der Waals surface area contributed by atoms with Crippen LogP contribution in [0.5, 0.6) is 11.5 Å². The lowest BCUT2D eigenvalue weighted by Gasteiger charge is -2.26. The summed E-state index contributed by atoms with van der Waals surface area (Å²) in [5.74, 6) is 0.702. The van der Waals surface area contributed by atoms with Crippen LogP contribution in [-0.4, -0.2) is 59.1 Å². The van der Waals surface area contributed by atoms with Crippen LogP contribution in [0.1, 0.15) is 48.9 Å². The number of hydrogen-bond donors (Lipinski definition) is 2. The lowest BCUT2D eigenvalue weighted by Crippen LogP contribution is -2.38. The molecule has 1 aromatic rings. The summed E-state index contributed by atoms with van der Waals surface area (Å²) in [4.78, 5) is 15.2. The van der Waals surface area contributed by atoms with Crippen molar-refractivity contribution in [3.8, 4) is 11.5 Å². The number of primary sulfonamides is 1. The molecule has 1 amide bonds. The maximum atomic E-state index is 12.9. The summed E-state index contributed by atoms with van der Waals surface area (Å²) in [7, 11) is -1.20. The molecule has 0 bridgehead atoms. The average Bonchev–Trinajstić information content (AvgIpc) is 3.13. The van der Waals surface area contributed by atoms with Gasteiger partial charge in [0.1, 0.15) is 0 Å². The van der Waals surface area contributed by atoms with Crippen molar-refractivity contribution in [2.75, 3.05) is 33.9 Å². The zero-order chi connectivity index (χ0) is 21.0. The summed E-state index contributed by atoms with van der Waals surface area (Å²) < 4.78 is 34.1. The van der Waals surface area contributed by atoms with Crippen LogP contribution in [0, 0.1) is 5.92 Å². The number of carbonyl (C=O) groups excluding carboxylic acids is 1. The quantitative estimate of drug-likeness (QED) is 0.688. The Labute approximate surface area is 172 Å². The minimum Gasteiger partial charge on any atom is -0.493 e. The maximum Gasteiger partial charge on any atom is 0.255 e. The molecule has 0 aromatic heterocycles. The predicted octanol–water partition coefficient (Wildman–Crippen LogP) is 1.74. The molecule has 8 nitrogen and oxygen atoms in total. The van der Waals surface area contributed by atoms with E-state index in [1.54, 1.807) is 0 Å². The zero-order valence-electron chi connectivity index (χ0n) is 17.1. The normalized spacial score (nSPS) is 21.1. The molecule has 3 rings (SSSR count). The monoisotopic (exact) mass is 425 g/mol. The van der Waals surface area contributed by atoms with E-state index in [1.807, 2.05) is 0 Å². The largest absolute Gasteiger partial charge is 0.493 e. The Morgan fingerprint density at radius 1 is 1.17 bits per heavy atom. The summed E-state index contributed by atoms with van der Waals surface area (Å²) in [6.45, 7) is 2.85. The molecule has 1 saturated carbocycles. The first-order valence-corrected chi connectivity index (χ1v) is 11.7. The number of nitrogens with zero attached hydrogens (tertiary/aromatic N) is 1. The molecule has 1 atom stereocenters. The fourth-order valence-corrected chi connectivity index (χ4v) is 4.94. The van der Waals surface area contributed by atoms with Crippen LogP contribution in [0.3, 0.4) is 0 Å². The van der Waals surface area contributed by atoms with E-state index in [9.17, 15) is 13.2 Å². The number of benzene rings is 1. The van der Waals surface area contributed by atoms with E-state index in [1.165, 1.54) is 58.5 Å². The number of ether oxygens (including phenoxy) is 2. The van der Waals surface area contributed by atoms with Crippen molar-refractivity contribution in [1.29, 1.82) is 0 Å². The number of methoxy groups -OCH3 is 2. The Kier molecular flexibility index (Phi) is 7.02. The Morgan fingerprint density at radius 3 is 2.52 bits per heavy atom. The van der Waals surface area contributed by atoms with Crippen LogP contribution < -0.4 is 19.9 Å². The topological polar surface area (TPSA) is 111 Å². The van der Waals surface area contributed by atoms with Gasteiger partial charge in [-0.05, 0) is 31.2 Å². The van der Waals surface area contributed by atoms with Crippen molar-refractivity contribution >= 4 is 15.9 Å². The highest BCUT2D eigenvalue weighted by Crippen LogP contribution is 2.34.